The van der Waals surface area contributed by atoms with Crippen molar-refractivity contribution in [3.63, 3.8) is 0 Å². The lowest BCUT2D eigenvalue weighted by molar-refractivity contribution is 0.227. The van der Waals surface area contributed by atoms with E-state index >= 15 is 0 Å². The maximum Gasteiger partial charge on any atom is 0.166 e. The molecule has 2 aromatic rings. The first-order chi connectivity index (χ1) is 8.06. The third-order valence-electron chi connectivity index (χ3n) is 2.14. The van der Waals surface area contributed by atoms with E-state index in [2.05, 4.69) is 25.9 Å². The zero-order chi connectivity index (χ0) is 12.4. The Bertz CT molecular complexity index is 529. The molecule has 0 fully saturated rings. The van der Waals surface area contributed by atoms with E-state index < -0.39 is 0 Å². The number of nitrogens with zero attached hydrogens (tertiary/aromatic N) is 2. The Labute approximate surface area is 112 Å². The van der Waals surface area contributed by atoms with Crippen LogP contribution in [0.1, 0.15) is 23.7 Å². The van der Waals surface area contributed by atoms with Crippen molar-refractivity contribution < 1.29 is 4.74 Å². The van der Waals surface area contributed by atoms with Gasteiger partial charge in [-0.2, -0.15) is 0 Å². The summed E-state index contributed by atoms with van der Waals surface area (Å²) in [6.45, 7) is 3.90. The molecule has 0 radical (unpaired) electrons. The number of ether oxygens (including phenoxy) is 1. The molecule has 4 nitrogen and oxygen atoms in total. The van der Waals surface area contributed by atoms with Gasteiger partial charge in [-0.05, 0) is 35.8 Å². The number of halogens is 1. The molecule has 1 unspecified atom stereocenters. The molecule has 0 aliphatic heterocycles. The molecule has 2 N–H and O–H groups in total. The van der Waals surface area contributed by atoms with Crippen molar-refractivity contribution in [2.75, 3.05) is 5.73 Å². The first-order valence-corrected chi connectivity index (χ1v) is 6.73. The Morgan fingerprint density at radius 2 is 2.29 bits per heavy atom. The van der Waals surface area contributed by atoms with Crippen molar-refractivity contribution in [3.8, 4) is 5.75 Å². The number of thiazole rings is 1. The van der Waals surface area contributed by atoms with Gasteiger partial charge in [0.05, 0.1) is 0 Å². The second-order valence-electron chi connectivity index (χ2n) is 3.62. The zero-order valence-corrected chi connectivity index (χ0v) is 11.9. The number of hydrogen-bond acceptors (Lipinski definition) is 5. The standard InChI is InChI=1S/C11H12BrN3OS/c1-6-5-17-11(15-6)7(2)16-9-3-8(12)4-14-10(9)13/h3-5,7H,1-2H3,(H2,13,14). The lowest BCUT2D eigenvalue weighted by Crippen LogP contribution is -2.05. The summed E-state index contributed by atoms with van der Waals surface area (Å²) in [4.78, 5) is 8.40. The Kier molecular flexibility index (Phi) is 3.63. The molecule has 0 aliphatic rings. The van der Waals surface area contributed by atoms with Crippen LogP contribution in [0.25, 0.3) is 0 Å². The molecule has 2 aromatic heterocycles. The molecule has 0 amide bonds. The number of pyridine rings is 1. The minimum atomic E-state index is -0.132. The molecule has 0 spiro atoms. The van der Waals surface area contributed by atoms with Gasteiger partial charge >= 0.3 is 0 Å². The molecular formula is C11H12BrN3OS. The molecular weight excluding hydrogens is 302 g/mol. The smallest absolute Gasteiger partial charge is 0.166 e. The van der Waals surface area contributed by atoms with Gasteiger partial charge in [-0.25, -0.2) is 9.97 Å². The van der Waals surface area contributed by atoms with Gasteiger partial charge in [0.25, 0.3) is 0 Å². The maximum atomic E-state index is 5.76. The highest BCUT2D eigenvalue weighted by Crippen LogP contribution is 2.29. The van der Waals surface area contributed by atoms with Crippen LogP contribution in [0.2, 0.25) is 0 Å². The summed E-state index contributed by atoms with van der Waals surface area (Å²) in [7, 11) is 0. The van der Waals surface area contributed by atoms with Crippen LogP contribution in [-0.2, 0) is 0 Å². The summed E-state index contributed by atoms with van der Waals surface area (Å²) in [5, 5.41) is 2.93. The Morgan fingerprint density at radius 3 is 2.94 bits per heavy atom. The number of aromatic nitrogens is 2. The molecule has 0 aliphatic carbocycles. The Morgan fingerprint density at radius 1 is 1.53 bits per heavy atom. The van der Waals surface area contributed by atoms with E-state index in [0.29, 0.717) is 11.6 Å². The van der Waals surface area contributed by atoms with Crippen LogP contribution in [0.3, 0.4) is 0 Å². The normalized spacial score (nSPS) is 12.4. The summed E-state index contributed by atoms with van der Waals surface area (Å²) < 4.78 is 6.59. The number of nitrogens with two attached hydrogens (primary N) is 1. The summed E-state index contributed by atoms with van der Waals surface area (Å²) in [5.74, 6) is 0.952. The molecule has 1 atom stereocenters. The summed E-state index contributed by atoms with van der Waals surface area (Å²) >= 11 is 4.91. The molecule has 2 rings (SSSR count). The van der Waals surface area contributed by atoms with Gasteiger partial charge in [-0.3, -0.25) is 0 Å². The number of nitrogen functional groups attached to an aromatic ring is 1. The Hall–Kier alpha value is -1.14. The van der Waals surface area contributed by atoms with Gasteiger partial charge in [0.2, 0.25) is 0 Å². The van der Waals surface area contributed by atoms with Gasteiger partial charge in [0.15, 0.2) is 11.6 Å². The zero-order valence-electron chi connectivity index (χ0n) is 9.48. The lowest BCUT2D eigenvalue weighted by Gasteiger charge is -2.13. The van der Waals surface area contributed by atoms with E-state index in [4.69, 9.17) is 10.5 Å². The van der Waals surface area contributed by atoms with Crippen LogP contribution in [0.15, 0.2) is 22.1 Å². The van der Waals surface area contributed by atoms with Crippen LogP contribution in [-0.4, -0.2) is 9.97 Å². The molecule has 0 aromatic carbocycles. The first-order valence-electron chi connectivity index (χ1n) is 5.06. The third kappa shape index (κ3) is 2.95. The van der Waals surface area contributed by atoms with Crippen molar-refractivity contribution in [1.29, 1.82) is 0 Å². The highest BCUT2D eigenvalue weighted by atomic mass is 79.9. The van der Waals surface area contributed by atoms with E-state index in [-0.39, 0.29) is 6.10 Å². The van der Waals surface area contributed by atoms with Crippen LogP contribution in [0.5, 0.6) is 5.75 Å². The van der Waals surface area contributed by atoms with Crippen molar-refractivity contribution in [2.45, 2.75) is 20.0 Å². The van der Waals surface area contributed by atoms with Crippen molar-refractivity contribution in [2.24, 2.45) is 0 Å². The lowest BCUT2D eigenvalue weighted by atomic mass is 10.4. The first kappa shape index (κ1) is 12.3. The van der Waals surface area contributed by atoms with Crippen LogP contribution >= 0.6 is 27.3 Å². The van der Waals surface area contributed by atoms with Gasteiger partial charge in [0.1, 0.15) is 11.1 Å². The monoisotopic (exact) mass is 313 g/mol. The number of anilines is 1. The second-order valence-corrected chi connectivity index (χ2v) is 5.43. The summed E-state index contributed by atoms with van der Waals surface area (Å²) in [5.41, 5.74) is 6.75. The van der Waals surface area contributed by atoms with Gasteiger partial charge in [-0.1, -0.05) is 0 Å². The molecule has 0 saturated carbocycles. The fourth-order valence-electron chi connectivity index (χ4n) is 1.33. The average Bonchev–Trinajstić information content (AvgIpc) is 2.70. The highest BCUT2D eigenvalue weighted by molar-refractivity contribution is 9.10. The molecule has 6 heteroatoms. The van der Waals surface area contributed by atoms with E-state index in [0.717, 1.165) is 15.2 Å². The van der Waals surface area contributed by atoms with E-state index in [1.165, 1.54) is 0 Å². The average molecular weight is 314 g/mol. The predicted molar refractivity (Wildman–Crippen MR) is 72.2 cm³/mol. The molecule has 0 bridgehead atoms. The van der Waals surface area contributed by atoms with E-state index in [9.17, 15) is 0 Å². The van der Waals surface area contributed by atoms with Gasteiger partial charge in [0, 0.05) is 21.7 Å². The topological polar surface area (TPSA) is 61.0 Å². The summed E-state index contributed by atoms with van der Waals surface area (Å²) in [6, 6.07) is 1.80. The Balaban J connectivity index is 2.18. The van der Waals surface area contributed by atoms with Gasteiger partial charge in [-0.15, -0.1) is 11.3 Å². The quantitative estimate of drug-likeness (QED) is 0.944. The van der Waals surface area contributed by atoms with Crippen LogP contribution in [0, 0.1) is 6.92 Å². The molecule has 0 saturated heterocycles. The van der Waals surface area contributed by atoms with Crippen LogP contribution < -0.4 is 10.5 Å². The number of aryl methyl sites for hydroxylation is 1. The van der Waals surface area contributed by atoms with Gasteiger partial charge < -0.3 is 10.5 Å². The largest absolute Gasteiger partial charge is 0.480 e. The summed E-state index contributed by atoms with van der Waals surface area (Å²) in [6.07, 6.45) is 1.51. The fourth-order valence-corrected chi connectivity index (χ4v) is 2.42. The molecule has 2 heterocycles. The van der Waals surface area contributed by atoms with Crippen LogP contribution in [0.4, 0.5) is 5.82 Å². The van der Waals surface area contributed by atoms with E-state index in [1.807, 2.05) is 19.2 Å². The minimum Gasteiger partial charge on any atom is -0.480 e. The number of rotatable bonds is 3. The molecule has 90 valence electrons. The van der Waals surface area contributed by atoms with Crippen molar-refractivity contribution in [3.05, 3.63) is 32.8 Å². The molecule has 17 heavy (non-hydrogen) atoms. The second kappa shape index (κ2) is 5.01. The van der Waals surface area contributed by atoms with Crippen molar-refractivity contribution >= 4 is 33.1 Å². The van der Waals surface area contributed by atoms with E-state index in [1.54, 1.807) is 23.6 Å². The third-order valence-corrected chi connectivity index (χ3v) is 3.69. The predicted octanol–water partition coefficient (Wildman–Crippen LogP) is 3.33. The SMILES string of the molecule is Cc1csc(C(C)Oc2cc(Br)cnc2N)n1. The maximum absolute atomic E-state index is 5.76. The highest BCUT2D eigenvalue weighted by Gasteiger charge is 2.13. The minimum absolute atomic E-state index is 0.132. The van der Waals surface area contributed by atoms with Crippen molar-refractivity contribution in [1.82, 2.24) is 9.97 Å². The number of hydrogen-bond donors (Lipinski definition) is 1. The fraction of sp³-hybridized carbons (Fsp3) is 0.273.